The fourth-order valence-corrected chi connectivity index (χ4v) is 10.2. The summed E-state index contributed by atoms with van der Waals surface area (Å²) in [6, 6.07) is 10.9. The summed E-state index contributed by atoms with van der Waals surface area (Å²) in [4.78, 5) is 13.2. The van der Waals surface area contributed by atoms with Crippen LogP contribution in [-0.2, 0) is 25.3 Å². The molecule has 3 aromatic rings. The fourth-order valence-electron chi connectivity index (χ4n) is 6.21. The molecule has 0 bridgehead atoms. The molecule has 2 aliphatic heterocycles. The summed E-state index contributed by atoms with van der Waals surface area (Å²) in [6.45, 7) is 0. The fraction of sp³-hybridized carbons (Fsp3) is 0.321. The SMILES string of the molecule is O=C(Nc1cccc(Cl)c1F)c1ccc2c(c1Cl)C1(CCS(=O)(=O)CC1)C(C1CC1)N2S(=O)(=O)c1ccc(F)cc1. The summed E-state index contributed by atoms with van der Waals surface area (Å²) < 4.78 is 82.9. The smallest absolute Gasteiger partial charge is 0.264 e. The van der Waals surface area contributed by atoms with E-state index in [1.807, 2.05) is 0 Å². The number of benzene rings is 3. The molecule has 1 amide bonds. The second-order valence-electron chi connectivity index (χ2n) is 10.7. The summed E-state index contributed by atoms with van der Waals surface area (Å²) in [5, 5.41) is 2.27. The predicted molar refractivity (Wildman–Crippen MR) is 153 cm³/mol. The number of sulfone groups is 1. The molecule has 2 heterocycles. The lowest BCUT2D eigenvalue weighted by Gasteiger charge is -2.42. The van der Waals surface area contributed by atoms with E-state index in [0.29, 0.717) is 5.56 Å². The Labute approximate surface area is 246 Å². The molecule has 216 valence electrons. The van der Waals surface area contributed by atoms with Crippen LogP contribution in [0, 0.1) is 17.6 Å². The van der Waals surface area contributed by atoms with Crippen molar-refractivity contribution in [1.29, 1.82) is 0 Å². The van der Waals surface area contributed by atoms with Crippen LogP contribution in [0.3, 0.4) is 0 Å². The molecule has 41 heavy (non-hydrogen) atoms. The van der Waals surface area contributed by atoms with Gasteiger partial charge in [0.1, 0.15) is 15.7 Å². The van der Waals surface area contributed by atoms with Crippen LogP contribution < -0.4 is 9.62 Å². The van der Waals surface area contributed by atoms with Crippen molar-refractivity contribution < 1.29 is 30.4 Å². The Hall–Kier alpha value is -2.73. The lowest BCUT2D eigenvalue weighted by atomic mass is 9.70. The number of rotatable bonds is 5. The van der Waals surface area contributed by atoms with E-state index in [1.54, 1.807) is 0 Å². The summed E-state index contributed by atoms with van der Waals surface area (Å²) in [7, 11) is -7.60. The number of amides is 1. The zero-order valence-corrected chi connectivity index (χ0v) is 24.6. The highest BCUT2D eigenvalue weighted by Crippen LogP contribution is 2.61. The molecular formula is C28H24Cl2F2N2O5S2. The van der Waals surface area contributed by atoms with E-state index in [2.05, 4.69) is 5.32 Å². The second-order valence-corrected chi connectivity index (χ2v) is 15.6. The van der Waals surface area contributed by atoms with Gasteiger partial charge in [-0.15, -0.1) is 0 Å². The zero-order valence-electron chi connectivity index (χ0n) is 21.4. The van der Waals surface area contributed by atoms with E-state index in [4.69, 9.17) is 23.2 Å². The van der Waals surface area contributed by atoms with Gasteiger partial charge < -0.3 is 5.32 Å². The Balaban J connectivity index is 1.52. The minimum Gasteiger partial charge on any atom is -0.319 e. The summed E-state index contributed by atoms with van der Waals surface area (Å²) in [5.74, 6) is -2.54. The molecule has 1 atom stereocenters. The number of sulfonamides is 1. The number of carbonyl (C=O) groups is 1. The maximum Gasteiger partial charge on any atom is 0.264 e. The number of hydrogen-bond acceptors (Lipinski definition) is 5. The number of fused-ring (bicyclic) bond motifs is 2. The predicted octanol–water partition coefficient (Wildman–Crippen LogP) is 5.96. The molecule has 3 aromatic carbocycles. The van der Waals surface area contributed by atoms with E-state index in [0.717, 1.165) is 25.0 Å². The van der Waals surface area contributed by atoms with Gasteiger partial charge in [-0.2, -0.15) is 0 Å². The van der Waals surface area contributed by atoms with Crippen LogP contribution in [0.1, 0.15) is 41.6 Å². The molecular weight excluding hydrogens is 617 g/mol. The number of halogens is 4. The first kappa shape index (κ1) is 28.4. The van der Waals surface area contributed by atoms with Gasteiger partial charge in [-0.3, -0.25) is 9.10 Å². The van der Waals surface area contributed by atoms with E-state index in [-0.39, 0.29) is 62.1 Å². The second kappa shape index (κ2) is 9.93. The number of carbonyl (C=O) groups excluding carboxylic acids is 1. The van der Waals surface area contributed by atoms with Crippen molar-refractivity contribution in [3.63, 3.8) is 0 Å². The van der Waals surface area contributed by atoms with Crippen LogP contribution in [0.25, 0.3) is 0 Å². The van der Waals surface area contributed by atoms with Gasteiger partial charge in [0.05, 0.1) is 49.4 Å². The van der Waals surface area contributed by atoms with Gasteiger partial charge in [-0.25, -0.2) is 25.6 Å². The molecule has 13 heteroatoms. The van der Waals surface area contributed by atoms with Crippen molar-refractivity contribution in [2.45, 2.75) is 42.0 Å². The standard InChI is InChI=1S/C28H24Cl2F2N2O5S2/c29-20-2-1-3-21(25(20)32)33-27(35)19-10-11-22-23(24(19)30)28(12-14-40(36,37)15-13-28)26(16-4-5-16)34(22)41(38,39)18-8-6-17(31)7-9-18/h1-3,6-11,16,26H,4-5,12-15H2,(H,33,35). The number of anilines is 2. The van der Waals surface area contributed by atoms with Crippen LogP contribution in [0.5, 0.6) is 0 Å². The molecule has 1 spiro atoms. The van der Waals surface area contributed by atoms with Crippen LogP contribution in [0.4, 0.5) is 20.2 Å². The average Bonchev–Trinajstić information content (AvgIpc) is 3.71. The van der Waals surface area contributed by atoms with E-state index >= 15 is 0 Å². The first-order valence-electron chi connectivity index (χ1n) is 12.9. The van der Waals surface area contributed by atoms with Gasteiger partial charge in [-0.1, -0.05) is 29.3 Å². The highest BCUT2D eigenvalue weighted by molar-refractivity contribution is 7.93. The average molecular weight is 642 g/mol. The van der Waals surface area contributed by atoms with Crippen molar-refractivity contribution in [3.05, 3.63) is 87.4 Å². The maximum atomic E-state index is 14.5. The third kappa shape index (κ3) is 4.70. The Morgan fingerprint density at radius 2 is 1.63 bits per heavy atom. The molecule has 6 rings (SSSR count). The van der Waals surface area contributed by atoms with Crippen LogP contribution >= 0.6 is 23.2 Å². The summed E-state index contributed by atoms with van der Waals surface area (Å²) >= 11 is 12.8. The zero-order chi connectivity index (χ0) is 29.3. The van der Waals surface area contributed by atoms with Crippen molar-refractivity contribution in [1.82, 2.24) is 0 Å². The molecule has 0 radical (unpaired) electrons. The van der Waals surface area contributed by atoms with Gasteiger partial charge in [0, 0.05) is 11.0 Å². The number of hydrogen-bond donors (Lipinski definition) is 1. The maximum absolute atomic E-state index is 14.5. The van der Waals surface area contributed by atoms with Gasteiger partial charge in [0.2, 0.25) is 0 Å². The van der Waals surface area contributed by atoms with E-state index in [9.17, 15) is 30.4 Å². The third-order valence-electron chi connectivity index (χ3n) is 8.28. The normalized spacial score (nSPS) is 21.1. The quantitative estimate of drug-likeness (QED) is 0.371. The van der Waals surface area contributed by atoms with Crippen molar-refractivity contribution in [2.75, 3.05) is 21.1 Å². The molecule has 1 N–H and O–H groups in total. The summed E-state index contributed by atoms with van der Waals surface area (Å²) in [6.07, 6.45) is 1.71. The highest BCUT2D eigenvalue weighted by atomic mass is 35.5. The van der Waals surface area contributed by atoms with Gasteiger partial charge in [0.15, 0.2) is 5.82 Å². The molecule has 1 saturated carbocycles. The molecule has 1 unspecified atom stereocenters. The van der Waals surface area contributed by atoms with Crippen LogP contribution in [0.2, 0.25) is 10.0 Å². The van der Waals surface area contributed by atoms with Crippen molar-refractivity contribution in [3.8, 4) is 0 Å². The highest BCUT2D eigenvalue weighted by Gasteiger charge is 2.61. The molecule has 7 nitrogen and oxygen atoms in total. The Morgan fingerprint density at radius 1 is 0.976 bits per heavy atom. The topological polar surface area (TPSA) is 101 Å². The van der Waals surface area contributed by atoms with Crippen molar-refractivity contribution in [2.24, 2.45) is 5.92 Å². The monoisotopic (exact) mass is 640 g/mol. The van der Waals surface area contributed by atoms with Crippen LogP contribution in [-0.4, -0.2) is 40.3 Å². The Morgan fingerprint density at radius 3 is 2.27 bits per heavy atom. The van der Waals surface area contributed by atoms with E-state index in [1.165, 1.54) is 46.8 Å². The lowest BCUT2D eigenvalue weighted by molar-refractivity contribution is 0.102. The van der Waals surface area contributed by atoms with Gasteiger partial charge in [0.25, 0.3) is 15.9 Å². The molecule has 1 aliphatic carbocycles. The molecule has 1 saturated heterocycles. The summed E-state index contributed by atoms with van der Waals surface area (Å²) in [5.41, 5.74) is -0.525. The van der Waals surface area contributed by atoms with E-state index < -0.39 is 48.9 Å². The number of nitrogens with one attached hydrogen (secondary N) is 1. The number of nitrogens with zero attached hydrogens (tertiary/aromatic N) is 1. The lowest BCUT2D eigenvalue weighted by Crippen LogP contribution is -2.52. The molecule has 2 fully saturated rings. The first-order valence-corrected chi connectivity index (χ1v) is 17.0. The van der Waals surface area contributed by atoms with Crippen LogP contribution in [0.15, 0.2) is 59.5 Å². The van der Waals surface area contributed by atoms with Gasteiger partial charge >= 0.3 is 0 Å². The van der Waals surface area contributed by atoms with Crippen molar-refractivity contribution >= 4 is 60.3 Å². The first-order chi connectivity index (χ1) is 19.4. The Bertz CT molecular complexity index is 1780. The minimum atomic E-state index is -4.24. The Kier molecular flexibility index (Phi) is 6.88. The molecule has 0 aromatic heterocycles. The van der Waals surface area contributed by atoms with Gasteiger partial charge in [-0.05, 0) is 80.1 Å². The molecule has 3 aliphatic rings. The minimum absolute atomic E-state index is 0.0202. The largest absolute Gasteiger partial charge is 0.319 e. The third-order valence-corrected chi connectivity index (χ3v) is 12.4.